The number of fused-ring (bicyclic) bond motifs is 2. The van der Waals surface area contributed by atoms with Crippen LogP contribution in [-0.4, -0.2) is 55.8 Å². The van der Waals surface area contributed by atoms with Crippen LogP contribution in [0.3, 0.4) is 0 Å². The van der Waals surface area contributed by atoms with Gasteiger partial charge >= 0.3 is 6.18 Å². The maximum Gasteiger partial charge on any atom is 0.417 e. The molecule has 2 fully saturated rings. The Kier molecular flexibility index (Phi) is 5.45. The molecule has 33 heavy (non-hydrogen) atoms. The summed E-state index contributed by atoms with van der Waals surface area (Å²) < 4.78 is 49.9. The molecule has 5 rings (SSSR count). The third-order valence-corrected chi connectivity index (χ3v) is 6.27. The summed E-state index contributed by atoms with van der Waals surface area (Å²) in [6.07, 6.45) is -0.332. The molecular formula is C22H22F3N5O3. The minimum Gasteiger partial charge on any atom is -0.496 e. The molecule has 2 aliphatic rings. The molecule has 1 saturated carbocycles. The first-order chi connectivity index (χ1) is 15.8. The molecule has 1 aliphatic heterocycles. The Labute approximate surface area is 187 Å². The van der Waals surface area contributed by atoms with Crippen LogP contribution < -0.4 is 9.47 Å². The summed E-state index contributed by atoms with van der Waals surface area (Å²) in [6.45, 7) is 0.663. The summed E-state index contributed by atoms with van der Waals surface area (Å²) >= 11 is 0. The Bertz CT molecular complexity index is 1110. The predicted octanol–water partition coefficient (Wildman–Crippen LogP) is 3.22. The van der Waals surface area contributed by atoms with Gasteiger partial charge in [0.05, 0.1) is 36.3 Å². The van der Waals surface area contributed by atoms with E-state index in [-0.39, 0.29) is 18.0 Å². The van der Waals surface area contributed by atoms with Crippen molar-refractivity contribution in [1.29, 1.82) is 0 Å². The summed E-state index contributed by atoms with van der Waals surface area (Å²) in [7, 11) is 1.53. The van der Waals surface area contributed by atoms with E-state index in [1.807, 2.05) is 4.90 Å². The Balaban J connectivity index is 1.38. The normalized spacial score (nSPS) is 23.6. The van der Waals surface area contributed by atoms with Crippen LogP contribution in [0.15, 0.2) is 48.9 Å². The van der Waals surface area contributed by atoms with Gasteiger partial charge < -0.3 is 14.6 Å². The molecule has 2 aromatic heterocycles. The van der Waals surface area contributed by atoms with Crippen molar-refractivity contribution in [2.75, 3.05) is 13.7 Å². The first-order valence-corrected chi connectivity index (χ1v) is 10.5. The van der Waals surface area contributed by atoms with Crippen LogP contribution in [0.1, 0.15) is 30.2 Å². The lowest BCUT2D eigenvalue weighted by Crippen LogP contribution is -2.46. The summed E-state index contributed by atoms with van der Waals surface area (Å²) in [4.78, 5) is 7.20. The third-order valence-electron chi connectivity index (χ3n) is 6.27. The highest BCUT2D eigenvalue weighted by Gasteiger charge is 2.49. The van der Waals surface area contributed by atoms with Gasteiger partial charge in [-0.15, -0.1) is 0 Å². The number of methoxy groups -OCH3 is 1. The van der Waals surface area contributed by atoms with Gasteiger partial charge in [-0.1, -0.05) is 6.07 Å². The van der Waals surface area contributed by atoms with E-state index in [2.05, 4.69) is 15.2 Å². The molecule has 1 saturated heterocycles. The second-order valence-corrected chi connectivity index (χ2v) is 8.23. The zero-order chi connectivity index (χ0) is 23.2. The van der Waals surface area contributed by atoms with Crippen molar-refractivity contribution in [1.82, 2.24) is 24.9 Å². The van der Waals surface area contributed by atoms with E-state index in [1.54, 1.807) is 30.6 Å². The number of alkyl halides is 3. The minimum atomic E-state index is -4.45. The molecule has 8 nitrogen and oxygen atoms in total. The molecule has 0 spiro atoms. The van der Waals surface area contributed by atoms with Crippen LogP contribution in [0.25, 0.3) is 5.69 Å². The summed E-state index contributed by atoms with van der Waals surface area (Å²) in [5.41, 5.74) is 0.308. The van der Waals surface area contributed by atoms with Crippen molar-refractivity contribution in [3.05, 3.63) is 60.0 Å². The van der Waals surface area contributed by atoms with Crippen LogP contribution in [0, 0.1) is 5.92 Å². The van der Waals surface area contributed by atoms with Crippen molar-refractivity contribution >= 4 is 0 Å². The monoisotopic (exact) mass is 461 g/mol. The summed E-state index contributed by atoms with van der Waals surface area (Å²) in [5, 5.41) is 19.8. The smallest absolute Gasteiger partial charge is 0.417 e. The maximum atomic E-state index is 12.8. The second-order valence-electron chi connectivity index (χ2n) is 8.23. The minimum absolute atomic E-state index is 0.127. The van der Waals surface area contributed by atoms with Crippen molar-refractivity contribution in [3.8, 4) is 17.3 Å². The zero-order valence-corrected chi connectivity index (χ0v) is 17.7. The van der Waals surface area contributed by atoms with Gasteiger partial charge in [-0.25, -0.2) is 4.98 Å². The number of likely N-dealkylation sites (tertiary alicyclic amines) is 1. The number of aliphatic hydroxyl groups is 1. The van der Waals surface area contributed by atoms with Gasteiger partial charge in [-0.2, -0.15) is 28.2 Å². The van der Waals surface area contributed by atoms with Crippen LogP contribution >= 0.6 is 0 Å². The van der Waals surface area contributed by atoms with Crippen LogP contribution in [0.4, 0.5) is 13.2 Å². The standard InChI is InChI=1S/C22H22F3N5O3/c1-32-17-4-2-3-15(30-27-7-8-28-30)20(17)21(31)29-12-13-9-16(29)18(10-13)33-19-6-5-14(11-26-19)22(23,24)25/h2-8,11,13,16,18,21,31H,9-10,12H2,1H3. The number of pyridine rings is 1. The lowest BCUT2D eigenvalue weighted by molar-refractivity contribution is -0.137. The molecule has 3 aromatic rings. The molecule has 2 bridgehead atoms. The summed E-state index contributed by atoms with van der Waals surface area (Å²) in [5.74, 6) is 0.931. The van der Waals surface area contributed by atoms with Crippen molar-refractivity contribution < 1.29 is 27.8 Å². The molecule has 0 amide bonds. The number of piperidine rings is 1. The Hall–Kier alpha value is -3.18. The van der Waals surface area contributed by atoms with E-state index in [4.69, 9.17) is 9.47 Å². The lowest BCUT2D eigenvalue weighted by Gasteiger charge is -2.37. The molecule has 1 aromatic carbocycles. The number of hydrogen-bond acceptors (Lipinski definition) is 7. The van der Waals surface area contributed by atoms with E-state index in [0.29, 0.717) is 29.5 Å². The quantitative estimate of drug-likeness (QED) is 0.603. The van der Waals surface area contributed by atoms with Crippen molar-refractivity contribution in [2.45, 2.75) is 37.4 Å². The molecule has 1 N–H and O–H groups in total. The number of benzene rings is 1. The van der Waals surface area contributed by atoms with Gasteiger partial charge in [0.2, 0.25) is 5.88 Å². The van der Waals surface area contributed by atoms with Crippen LogP contribution in [0.2, 0.25) is 0 Å². The van der Waals surface area contributed by atoms with Gasteiger partial charge in [0.15, 0.2) is 0 Å². The molecule has 11 heteroatoms. The highest BCUT2D eigenvalue weighted by molar-refractivity contribution is 5.50. The molecule has 4 atom stereocenters. The van der Waals surface area contributed by atoms with Crippen molar-refractivity contribution in [2.24, 2.45) is 5.92 Å². The largest absolute Gasteiger partial charge is 0.496 e. The summed E-state index contributed by atoms with van der Waals surface area (Å²) in [6, 6.07) is 7.43. The number of aromatic nitrogens is 4. The highest BCUT2D eigenvalue weighted by Crippen LogP contribution is 2.45. The van der Waals surface area contributed by atoms with Crippen molar-refractivity contribution in [3.63, 3.8) is 0 Å². The van der Waals surface area contributed by atoms with E-state index >= 15 is 0 Å². The zero-order valence-electron chi connectivity index (χ0n) is 17.7. The fourth-order valence-electron chi connectivity index (χ4n) is 4.84. The van der Waals surface area contributed by atoms with E-state index in [9.17, 15) is 18.3 Å². The second kappa shape index (κ2) is 8.31. The number of ether oxygens (including phenoxy) is 2. The predicted molar refractivity (Wildman–Crippen MR) is 110 cm³/mol. The molecule has 4 unspecified atom stereocenters. The number of halogens is 3. The Morgan fingerprint density at radius 3 is 2.55 bits per heavy atom. The third kappa shape index (κ3) is 4.02. The molecular weight excluding hydrogens is 439 g/mol. The number of aliphatic hydroxyl groups excluding tert-OH is 1. The fourth-order valence-corrected chi connectivity index (χ4v) is 4.84. The van der Waals surface area contributed by atoms with Gasteiger partial charge in [-0.05, 0) is 37.0 Å². The molecule has 174 valence electrons. The number of rotatable bonds is 6. The van der Waals surface area contributed by atoms with Gasteiger partial charge in [0.25, 0.3) is 0 Å². The van der Waals surface area contributed by atoms with E-state index in [0.717, 1.165) is 25.1 Å². The number of nitrogens with zero attached hydrogens (tertiary/aromatic N) is 5. The SMILES string of the molecule is COc1cccc(-n2nccn2)c1C(O)N1CC2CC(Oc3ccc(C(F)(F)F)cn3)C1C2. The van der Waals surface area contributed by atoms with Crippen LogP contribution in [-0.2, 0) is 6.18 Å². The molecule has 1 aliphatic carbocycles. The Morgan fingerprint density at radius 2 is 1.91 bits per heavy atom. The fraction of sp³-hybridized carbons (Fsp3) is 0.409. The molecule has 3 heterocycles. The average molecular weight is 461 g/mol. The first-order valence-electron chi connectivity index (χ1n) is 10.5. The van der Waals surface area contributed by atoms with Gasteiger partial charge in [-0.3, -0.25) is 4.90 Å². The van der Waals surface area contributed by atoms with Gasteiger partial charge in [0, 0.05) is 24.8 Å². The first kappa shape index (κ1) is 21.7. The number of hydrogen-bond donors (Lipinski definition) is 1. The lowest BCUT2D eigenvalue weighted by atomic mass is 10.0. The highest BCUT2D eigenvalue weighted by atomic mass is 19.4. The topological polar surface area (TPSA) is 85.5 Å². The molecule has 0 radical (unpaired) electrons. The Morgan fingerprint density at radius 1 is 1.12 bits per heavy atom. The van der Waals surface area contributed by atoms with E-state index in [1.165, 1.54) is 18.0 Å². The van der Waals surface area contributed by atoms with Crippen LogP contribution in [0.5, 0.6) is 11.6 Å². The van der Waals surface area contributed by atoms with Gasteiger partial charge in [0.1, 0.15) is 18.1 Å². The van der Waals surface area contributed by atoms with E-state index < -0.39 is 18.0 Å². The maximum absolute atomic E-state index is 12.8. The average Bonchev–Trinajstić information content (AvgIpc) is 3.55.